The number of carboxylic acids is 1. The molecule has 4 saturated carbocycles. The number of carbonyl (C=O) groups excluding carboxylic acids is 3. The molecule has 8 aliphatic rings. The van der Waals surface area contributed by atoms with Gasteiger partial charge in [-0.2, -0.15) is 0 Å². The molecule has 8 rings (SSSR count). The highest BCUT2D eigenvalue weighted by atomic mass is 16.8. The molecule has 0 aromatic carbocycles. The van der Waals surface area contributed by atoms with Crippen LogP contribution in [-0.2, 0) is 71.3 Å². The van der Waals surface area contributed by atoms with Crippen molar-refractivity contribution < 1.29 is 133 Å². The first-order valence-corrected chi connectivity index (χ1v) is 33.2. The van der Waals surface area contributed by atoms with E-state index in [0.29, 0.717) is 38.5 Å². The fraction of sp³-hybridized carbons (Fsp3) is 0.851. The zero-order valence-corrected chi connectivity index (χ0v) is 56.6. The quantitative estimate of drug-likeness (QED) is 0.0173. The second kappa shape index (κ2) is 29.3. The number of fused-ring (bicyclic) bond motifs is 7. The highest BCUT2D eigenvalue weighted by Gasteiger charge is 2.73. The van der Waals surface area contributed by atoms with Crippen molar-refractivity contribution in [2.45, 2.75) is 283 Å². The van der Waals surface area contributed by atoms with E-state index in [1.54, 1.807) is 33.8 Å². The van der Waals surface area contributed by atoms with Crippen LogP contribution < -0.4 is 0 Å². The third-order valence-electron chi connectivity index (χ3n) is 23.5. The number of aliphatic hydroxyl groups excluding tert-OH is 11. The van der Waals surface area contributed by atoms with Gasteiger partial charge in [-0.3, -0.25) is 4.79 Å². The highest BCUT2D eigenvalue weighted by Crippen LogP contribution is 2.76. The van der Waals surface area contributed by atoms with Crippen molar-refractivity contribution in [3.8, 4) is 0 Å². The van der Waals surface area contributed by atoms with Gasteiger partial charge >= 0.3 is 23.9 Å². The van der Waals surface area contributed by atoms with Crippen LogP contribution in [-0.4, -0.2) is 247 Å². The van der Waals surface area contributed by atoms with Gasteiger partial charge in [0.15, 0.2) is 43.5 Å². The lowest BCUT2D eigenvalue weighted by molar-refractivity contribution is -0.344. The van der Waals surface area contributed by atoms with E-state index in [2.05, 4.69) is 40.7 Å². The van der Waals surface area contributed by atoms with Gasteiger partial charge in [0, 0.05) is 18.1 Å². The van der Waals surface area contributed by atoms with E-state index in [1.807, 2.05) is 13.8 Å². The van der Waals surface area contributed by atoms with Gasteiger partial charge in [-0.15, -0.1) is 0 Å². The Hall–Kier alpha value is -3.66. The summed E-state index contributed by atoms with van der Waals surface area (Å²) in [5.74, 6) is -4.42. The fourth-order valence-electron chi connectivity index (χ4n) is 17.6. The minimum atomic E-state index is -2.02. The predicted octanol–water partition coefficient (Wildman–Crippen LogP) is 1.74. The maximum atomic E-state index is 13.4. The van der Waals surface area contributed by atoms with Crippen molar-refractivity contribution in [1.29, 1.82) is 0 Å². The van der Waals surface area contributed by atoms with E-state index in [0.717, 1.165) is 5.57 Å². The molecule has 3 aliphatic heterocycles. The molecule has 3 heterocycles. The number of esters is 3. The van der Waals surface area contributed by atoms with Crippen LogP contribution in [0.15, 0.2) is 34.9 Å². The van der Waals surface area contributed by atoms with Crippen LogP contribution in [0.1, 0.15) is 148 Å². The van der Waals surface area contributed by atoms with E-state index in [4.69, 9.17) is 52.1 Å². The zero-order chi connectivity index (χ0) is 69.9. The summed E-state index contributed by atoms with van der Waals surface area (Å²) in [5.41, 5.74) is -3.37. The number of rotatable bonds is 23. The molecule has 94 heavy (non-hydrogen) atoms. The largest absolute Gasteiger partial charge is 0.479 e. The summed E-state index contributed by atoms with van der Waals surface area (Å²) in [5, 5.41) is 133. The summed E-state index contributed by atoms with van der Waals surface area (Å²) in [4.78, 5) is 52.5. The van der Waals surface area contributed by atoms with Crippen molar-refractivity contribution in [2.24, 2.45) is 50.2 Å². The van der Waals surface area contributed by atoms with Crippen molar-refractivity contribution in [2.75, 3.05) is 26.4 Å². The third-order valence-corrected chi connectivity index (χ3v) is 23.5. The van der Waals surface area contributed by atoms with E-state index < -0.39 is 224 Å². The number of ether oxygens (including phenoxy) is 11. The first-order valence-electron chi connectivity index (χ1n) is 33.2. The lowest BCUT2D eigenvalue weighted by atomic mass is 9.33. The van der Waals surface area contributed by atoms with Crippen molar-refractivity contribution in [1.82, 2.24) is 0 Å². The number of carbonyl (C=O) groups is 4. The topological polar surface area (TPSA) is 413 Å². The summed E-state index contributed by atoms with van der Waals surface area (Å²) in [6, 6.07) is 0. The van der Waals surface area contributed by atoms with Crippen LogP contribution in [0.25, 0.3) is 0 Å². The SMILES string of the molecule is C/C=C(/C)C(=O)OC1[C@@H](OC(=O)/C(C)=C\C)C(C)O[C@@H](O[C@H]2[C@H](O)[C@@]3(COC(C)=O)C(CC2(C)C)C2=CCC4[C@@]5(C)CC[C@H](O[C@H](OC(C(=O)O)[C@@H](O)CCO[C@@H]6O[C@@H](CO)C(O)[C@@H]6O)[C@H](C)O[C@@H]6OC(CO)[C@H](O)C(O)[C@@H]6O)C(C)(C)C5CC[C@@]4(C)[C@]2(C)C[C@@H]3O)[C@H]1O. The summed E-state index contributed by atoms with van der Waals surface area (Å²) >= 11 is 0. The Morgan fingerprint density at radius 1 is 0.713 bits per heavy atom. The molecular weight excluding hydrogens is 1240 g/mol. The van der Waals surface area contributed by atoms with Gasteiger partial charge in [0.1, 0.15) is 61.5 Å². The molecule has 27 heteroatoms. The Labute approximate surface area is 549 Å². The first kappa shape index (κ1) is 76.1. The van der Waals surface area contributed by atoms with Crippen molar-refractivity contribution in [3.63, 3.8) is 0 Å². The molecular formula is C67H106O27. The van der Waals surface area contributed by atoms with Gasteiger partial charge in [-0.1, -0.05) is 72.3 Å². The maximum absolute atomic E-state index is 13.4. The predicted molar refractivity (Wildman–Crippen MR) is 327 cm³/mol. The van der Waals surface area contributed by atoms with Gasteiger partial charge in [0.2, 0.25) is 0 Å². The Balaban J connectivity index is 1.06. The van der Waals surface area contributed by atoms with Gasteiger partial charge in [-0.05, 0) is 138 Å². The first-order chi connectivity index (χ1) is 43.9. The average Bonchev–Trinajstić information content (AvgIpc) is 0.718. The van der Waals surface area contributed by atoms with Crippen molar-refractivity contribution in [3.05, 3.63) is 34.9 Å². The van der Waals surface area contributed by atoms with Gasteiger partial charge in [0.05, 0.1) is 61.9 Å². The molecule has 9 unspecified atom stereocenters. The van der Waals surface area contributed by atoms with E-state index in [1.165, 1.54) is 26.8 Å². The van der Waals surface area contributed by atoms with Crippen LogP contribution >= 0.6 is 0 Å². The standard InChI is InChI=1S/C67H106O27/c1-15-30(3)56(82)91-50-32(5)86-61(49(78)52(50)92-57(83)31(4)16-2)94-54-53(79)67(29-85-34(7)70)36(25-62(54,8)9)35-17-18-41-64(12)22-20-43(63(10,11)40(64)19-23-65(41,13)66(35,14)26-42(67)72)90-58(33(6)87-60-48(77)46(75)44(73)38(27-68)89-60)93-51(55(80)81)37(71)21-24-84-59-47(76)45(74)39(28-69)88-59/h15-17,32-33,36-54,58-61,68-69,71-79H,18-29H2,1-14H3,(H,80,81)/b30-15-,31-16-/t32?,33-,36?,37-,38?,39-,40?,41?,42-,43-,44-,45?,46?,47-,48-,49-,50-,51?,52?,53-,54-,58+,59+,60+,61-,64-,65+,66+,67-/m0/s1. The Kier molecular flexibility index (Phi) is 23.7. The fourth-order valence-corrected chi connectivity index (χ4v) is 17.6. The molecule has 12 N–H and O–H groups in total. The maximum Gasteiger partial charge on any atom is 0.335 e. The molecule has 7 fully saturated rings. The molecule has 536 valence electrons. The lowest BCUT2D eigenvalue weighted by Gasteiger charge is -2.72. The van der Waals surface area contributed by atoms with Crippen LogP contribution in [0.2, 0.25) is 0 Å². The Bertz CT molecular complexity index is 2770. The van der Waals surface area contributed by atoms with Crippen LogP contribution in [0, 0.1) is 50.2 Å². The molecule has 29 atom stereocenters. The molecule has 3 saturated heterocycles. The van der Waals surface area contributed by atoms with Gasteiger partial charge in [0.25, 0.3) is 0 Å². The van der Waals surface area contributed by atoms with Crippen LogP contribution in [0.5, 0.6) is 0 Å². The van der Waals surface area contributed by atoms with E-state index in [9.17, 15) is 80.5 Å². The molecule has 0 radical (unpaired) electrons. The molecule has 27 nitrogen and oxygen atoms in total. The number of hydrogen-bond acceptors (Lipinski definition) is 26. The molecule has 0 bridgehead atoms. The number of hydrogen-bond donors (Lipinski definition) is 12. The monoisotopic (exact) mass is 1340 g/mol. The van der Waals surface area contributed by atoms with Crippen molar-refractivity contribution >= 4 is 23.9 Å². The molecule has 0 aromatic heterocycles. The van der Waals surface area contributed by atoms with Gasteiger partial charge < -0.3 is 113 Å². The van der Waals surface area contributed by atoms with E-state index in [-0.39, 0.29) is 36.0 Å². The zero-order valence-electron chi connectivity index (χ0n) is 56.6. The van der Waals surface area contributed by atoms with E-state index >= 15 is 0 Å². The van der Waals surface area contributed by atoms with Crippen LogP contribution in [0.4, 0.5) is 0 Å². The summed E-state index contributed by atoms with van der Waals surface area (Å²) < 4.78 is 66.5. The summed E-state index contributed by atoms with van der Waals surface area (Å²) in [6.45, 7) is 23.2. The highest BCUT2D eigenvalue weighted by molar-refractivity contribution is 5.88. The minimum absolute atomic E-state index is 0.0168. The number of allylic oxidation sites excluding steroid dienone is 4. The molecule has 0 amide bonds. The number of carboxylic acid groups (broad SMARTS) is 1. The lowest BCUT2D eigenvalue weighted by Crippen LogP contribution is -2.72. The second-order valence-electron chi connectivity index (χ2n) is 29.8. The Morgan fingerprint density at radius 3 is 1.88 bits per heavy atom. The van der Waals surface area contributed by atoms with Crippen LogP contribution in [0.3, 0.4) is 0 Å². The number of aliphatic hydroxyl groups is 11. The average molecular weight is 1340 g/mol. The molecule has 0 spiro atoms. The smallest absolute Gasteiger partial charge is 0.335 e. The number of aliphatic carboxylic acids is 1. The Morgan fingerprint density at radius 2 is 1.30 bits per heavy atom. The minimum Gasteiger partial charge on any atom is -0.479 e. The molecule has 0 aromatic rings. The second-order valence-corrected chi connectivity index (χ2v) is 29.8. The third kappa shape index (κ3) is 13.9. The normalized spacial score (nSPS) is 44.1. The summed E-state index contributed by atoms with van der Waals surface area (Å²) in [7, 11) is 0. The molecule has 5 aliphatic carbocycles. The van der Waals surface area contributed by atoms with Gasteiger partial charge in [-0.25, -0.2) is 14.4 Å². The summed E-state index contributed by atoms with van der Waals surface area (Å²) in [6.07, 6.45) is -24.5.